The lowest BCUT2D eigenvalue weighted by Crippen LogP contribution is -2.29. The molecule has 0 saturated heterocycles. The molecule has 27 heavy (non-hydrogen) atoms. The van der Waals surface area contributed by atoms with Crippen LogP contribution in [-0.4, -0.2) is 27.3 Å². The Labute approximate surface area is 160 Å². The van der Waals surface area contributed by atoms with E-state index in [0.717, 1.165) is 16.5 Å². The Bertz CT molecular complexity index is 913. The first-order valence-electron chi connectivity index (χ1n) is 9.41. The fourth-order valence-electron chi connectivity index (χ4n) is 3.11. The maximum atomic E-state index is 12.1. The van der Waals surface area contributed by atoms with Crippen molar-refractivity contribution >= 4 is 16.8 Å². The predicted octanol–water partition coefficient (Wildman–Crippen LogP) is 3.71. The Hall–Kier alpha value is -2.66. The number of rotatable bonds is 7. The molecule has 5 heteroatoms. The van der Waals surface area contributed by atoms with Gasteiger partial charge in [0, 0.05) is 18.4 Å². The molecule has 3 rings (SSSR count). The van der Waals surface area contributed by atoms with Crippen LogP contribution in [-0.2, 0) is 11.3 Å². The van der Waals surface area contributed by atoms with Gasteiger partial charge < -0.3 is 10.4 Å². The topological polar surface area (TPSA) is 67.2 Å². The summed E-state index contributed by atoms with van der Waals surface area (Å²) in [6.07, 6.45) is 1.44. The molecule has 2 N–H and O–H groups in total. The van der Waals surface area contributed by atoms with E-state index < -0.39 is 6.10 Å². The molecule has 0 radical (unpaired) electrons. The lowest BCUT2D eigenvalue weighted by atomic mass is 10.00. The molecule has 5 nitrogen and oxygen atoms in total. The minimum Gasteiger partial charge on any atom is -0.387 e. The standard InChI is InChI=1S/C22H27N3O2/c1-15(2)17-5-7-18(8-6-17)21(26)14-23-22(27)10-11-25-20-9-4-16(3)12-19(20)13-24-25/h4-9,12-13,15,21,26H,10-11,14H2,1-3H3,(H,23,27). The molecule has 0 aliphatic rings. The molecule has 1 heterocycles. The van der Waals surface area contributed by atoms with Gasteiger partial charge in [-0.15, -0.1) is 0 Å². The third-order valence-electron chi connectivity index (χ3n) is 4.83. The lowest BCUT2D eigenvalue weighted by molar-refractivity contribution is -0.121. The van der Waals surface area contributed by atoms with Gasteiger partial charge in [0.25, 0.3) is 0 Å². The molecule has 1 unspecified atom stereocenters. The highest BCUT2D eigenvalue weighted by Crippen LogP contribution is 2.18. The zero-order valence-electron chi connectivity index (χ0n) is 16.1. The number of amides is 1. The van der Waals surface area contributed by atoms with Crippen LogP contribution in [0.3, 0.4) is 0 Å². The van der Waals surface area contributed by atoms with Crippen LogP contribution in [0, 0.1) is 6.92 Å². The molecule has 0 saturated carbocycles. The van der Waals surface area contributed by atoms with Crippen LogP contribution >= 0.6 is 0 Å². The molecular formula is C22H27N3O2. The van der Waals surface area contributed by atoms with E-state index in [-0.39, 0.29) is 12.5 Å². The Kier molecular flexibility index (Phi) is 5.91. The van der Waals surface area contributed by atoms with Crippen LogP contribution in [0.4, 0.5) is 0 Å². The Morgan fingerprint density at radius 2 is 1.85 bits per heavy atom. The predicted molar refractivity (Wildman–Crippen MR) is 108 cm³/mol. The normalized spacial score (nSPS) is 12.5. The summed E-state index contributed by atoms with van der Waals surface area (Å²) in [5.74, 6) is 0.363. The second-order valence-electron chi connectivity index (χ2n) is 7.32. The molecular weight excluding hydrogens is 338 g/mol. The van der Waals surface area contributed by atoms with E-state index >= 15 is 0 Å². The smallest absolute Gasteiger partial charge is 0.221 e. The van der Waals surface area contributed by atoms with Gasteiger partial charge in [-0.1, -0.05) is 49.7 Å². The second kappa shape index (κ2) is 8.35. The monoisotopic (exact) mass is 365 g/mol. The number of carbonyl (C=O) groups excluding carboxylic acids is 1. The molecule has 1 amide bonds. The lowest BCUT2D eigenvalue weighted by Gasteiger charge is -2.14. The molecule has 0 aliphatic heterocycles. The van der Waals surface area contributed by atoms with E-state index in [4.69, 9.17) is 0 Å². The number of aliphatic hydroxyl groups is 1. The summed E-state index contributed by atoms with van der Waals surface area (Å²) >= 11 is 0. The van der Waals surface area contributed by atoms with E-state index in [1.54, 1.807) is 0 Å². The highest BCUT2D eigenvalue weighted by Gasteiger charge is 2.11. The number of nitrogens with zero attached hydrogens (tertiary/aromatic N) is 2. The molecule has 0 fully saturated rings. The number of aromatic nitrogens is 2. The molecule has 0 bridgehead atoms. The molecule has 0 aliphatic carbocycles. The number of fused-ring (bicyclic) bond motifs is 1. The van der Waals surface area contributed by atoms with Gasteiger partial charge in [0.1, 0.15) is 0 Å². The third kappa shape index (κ3) is 4.74. The van der Waals surface area contributed by atoms with E-state index in [1.807, 2.05) is 54.2 Å². The van der Waals surface area contributed by atoms with Gasteiger partial charge in [-0.25, -0.2) is 0 Å². The van der Waals surface area contributed by atoms with Crippen molar-refractivity contribution < 1.29 is 9.90 Å². The van der Waals surface area contributed by atoms with Crippen molar-refractivity contribution in [3.8, 4) is 0 Å². The fourth-order valence-corrected chi connectivity index (χ4v) is 3.11. The number of carbonyl (C=O) groups is 1. The summed E-state index contributed by atoms with van der Waals surface area (Å²) in [7, 11) is 0. The first-order chi connectivity index (χ1) is 12.9. The first kappa shape index (κ1) is 19.1. The minimum atomic E-state index is -0.705. The van der Waals surface area contributed by atoms with Gasteiger partial charge >= 0.3 is 0 Å². The van der Waals surface area contributed by atoms with Crippen molar-refractivity contribution in [3.05, 3.63) is 65.4 Å². The number of benzene rings is 2. The quantitative estimate of drug-likeness (QED) is 0.671. The summed E-state index contributed by atoms with van der Waals surface area (Å²) in [5.41, 5.74) is 4.26. The molecule has 142 valence electrons. The van der Waals surface area contributed by atoms with E-state index in [0.29, 0.717) is 18.9 Å². The Morgan fingerprint density at radius 1 is 1.15 bits per heavy atom. The van der Waals surface area contributed by atoms with Gasteiger partial charge in [0.15, 0.2) is 0 Å². The molecule has 2 aromatic carbocycles. The summed E-state index contributed by atoms with van der Waals surface area (Å²) in [5, 5.41) is 18.5. The largest absolute Gasteiger partial charge is 0.387 e. The number of hydrogen-bond donors (Lipinski definition) is 2. The first-order valence-corrected chi connectivity index (χ1v) is 9.41. The minimum absolute atomic E-state index is 0.0939. The average Bonchev–Trinajstić information content (AvgIpc) is 3.06. The van der Waals surface area contributed by atoms with Crippen LogP contribution in [0.2, 0.25) is 0 Å². The van der Waals surface area contributed by atoms with Crippen molar-refractivity contribution in [3.63, 3.8) is 0 Å². The number of aliphatic hydroxyl groups excluding tert-OH is 1. The van der Waals surface area contributed by atoms with Gasteiger partial charge in [-0.2, -0.15) is 5.10 Å². The van der Waals surface area contributed by atoms with Crippen molar-refractivity contribution in [2.75, 3.05) is 6.54 Å². The summed E-state index contributed by atoms with van der Waals surface area (Å²) in [6.45, 7) is 7.04. The Morgan fingerprint density at radius 3 is 2.56 bits per heavy atom. The van der Waals surface area contributed by atoms with Crippen LogP contribution in [0.1, 0.15) is 49.0 Å². The molecule has 0 spiro atoms. The van der Waals surface area contributed by atoms with Crippen LogP contribution in [0.25, 0.3) is 10.9 Å². The van der Waals surface area contributed by atoms with E-state index in [9.17, 15) is 9.90 Å². The zero-order chi connectivity index (χ0) is 19.4. The highest BCUT2D eigenvalue weighted by atomic mass is 16.3. The summed E-state index contributed by atoms with van der Waals surface area (Å²) < 4.78 is 1.84. The van der Waals surface area contributed by atoms with Crippen LogP contribution in [0.15, 0.2) is 48.7 Å². The molecule has 1 atom stereocenters. The SMILES string of the molecule is Cc1ccc2c(cnn2CCC(=O)NCC(O)c2ccc(C(C)C)cc2)c1. The van der Waals surface area contributed by atoms with Gasteiger partial charge in [-0.05, 0) is 36.1 Å². The number of aryl methyl sites for hydroxylation is 2. The van der Waals surface area contributed by atoms with Crippen molar-refractivity contribution in [2.24, 2.45) is 0 Å². The fraction of sp³-hybridized carbons (Fsp3) is 0.364. The second-order valence-corrected chi connectivity index (χ2v) is 7.32. The maximum Gasteiger partial charge on any atom is 0.221 e. The molecule has 3 aromatic rings. The van der Waals surface area contributed by atoms with E-state index in [2.05, 4.69) is 30.3 Å². The van der Waals surface area contributed by atoms with Crippen molar-refractivity contribution in [2.45, 2.75) is 45.8 Å². The van der Waals surface area contributed by atoms with Gasteiger partial charge in [-0.3, -0.25) is 9.48 Å². The average molecular weight is 365 g/mol. The van der Waals surface area contributed by atoms with Crippen LogP contribution in [0.5, 0.6) is 0 Å². The maximum absolute atomic E-state index is 12.1. The highest BCUT2D eigenvalue weighted by molar-refractivity contribution is 5.80. The number of hydrogen-bond acceptors (Lipinski definition) is 3. The van der Waals surface area contributed by atoms with Crippen molar-refractivity contribution in [1.29, 1.82) is 0 Å². The number of nitrogens with one attached hydrogen (secondary N) is 1. The van der Waals surface area contributed by atoms with Gasteiger partial charge in [0.05, 0.1) is 24.4 Å². The van der Waals surface area contributed by atoms with Gasteiger partial charge in [0.2, 0.25) is 5.91 Å². The Balaban J connectivity index is 1.50. The van der Waals surface area contributed by atoms with Crippen LogP contribution < -0.4 is 5.32 Å². The third-order valence-corrected chi connectivity index (χ3v) is 4.83. The molecule has 1 aromatic heterocycles. The summed E-state index contributed by atoms with van der Waals surface area (Å²) in [4.78, 5) is 12.1. The zero-order valence-corrected chi connectivity index (χ0v) is 16.1. The van der Waals surface area contributed by atoms with Crippen molar-refractivity contribution in [1.82, 2.24) is 15.1 Å². The van der Waals surface area contributed by atoms with E-state index in [1.165, 1.54) is 11.1 Å². The summed E-state index contributed by atoms with van der Waals surface area (Å²) in [6, 6.07) is 14.0.